The van der Waals surface area contributed by atoms with Crippen LogP contribution in [0.2, 0.25) is 0 Å². The van der Waals surface area contributed by atoms with Crippen molar-refractivity contribution in [3.63, 3.8) is 0 Å². The van der Waals surface area contributed by atoms with Gasteiger partial charge in [-0.15, -0.1) is 0 Å². The first-order valence-electron chi connectivity index (χ1n) is 8.49. The van der Waals surface area contributed by atoms with Crippen LogP contribution in [-0.4, -0.2) is 30.3 Å². The van der Waals surface area contributed by atoms with Gasteiger partial charge in [-0.05, 0) is 42.5 Å². The number of nitrogens with one attached hydrogen (secondary N) is 1. The average molecular weight is 367 g/mol. The van der Waals surface area contributed by atoms with Gasteiger partial charge in [0.15, 0.2) is 11.5 Å². The van der Waals surface area contributed by atoms with Crippen LogP contribution in [0.5, 0.6) is 11.5 Å². The van der Waals surface area contributed by atoms with Gasteiger partial charge in [0.2, 0.25) is 11.7 Å². The second-order valence-corrected chi connectivity index (χ2v) is 6.21. The number of hydrogen-bond acceptors (Lipinski definition) is 6. The molecule has 27 heavy (non-hydrogen) atoms. The molecule has 0 radical (unpaired) electrons. The molecule has 0 saturated carbocycles. The smallest absolute Gasteiger partial charge is 0.258 e. The number of rotatable bonds is 6. The molecule has 0 unspecified atom stereocenters. The number of amides is 1. The molecule has 2 aromatic carbocycles. The molecule has 0 aliphatic rings. The van der Waals surface area contributed by atoms with Gasteiger partial charge >= 0.3 is 0 Å². The van der Waals surface area contributed by atoms with E-state index in [4.69, 9.17) is 14.0 Å². The summed E-state index contributed by atoms with van der Waals surface area (Å²) in [6, 6.07) is 12.7. The summed E-state index contributed by atoms with van der Waals surface area (Å²) in [7, 11) is 3.15. The minimum atomic E-state index is -0.0790. The molecular weight excluding hydrogens is 346 g/mol. The molecule has 0 saturated heterocycles. The number of nitrogens with zero attached hydrogens (tertiary/aromatic N) is 2. The zero-order valence-corrected chi connectivity index (χ0v) is 15.6. The molecule has 0 fully saturated rings. The van der Waals surface area contributed by atoms with Crippen LogP contribution in [0.4, 0.5) is 5.69 Å². The van der Waals surface area contributed by atoms with Gasteiger partial charge in [0, 0.05) is 22.7 Å². The lowest BCUT2D eigenvalue weighted by Crippen LogP contribution is -2.17. The number of ether oxygens (including phenoxy) is 2. The number of hydrogen-bond donors (Lipinski definition) is 1. The molecule has 7 nitrogen and oxygen atoms in total. The summed E-state index contributed by atoms with van der Waals surface area (Å²) < 4.78 is 15.9. The summed E-state index contributed by atoms with van der Waals surface area (Å²) in [4.78, 5) is 16.2. The van der Waals surface area contributed by atoms with Crippen molar-refractivity contribution in [1.82, 2.24) is 10.1 Å². The largest absolute Gasteiger partial charge is 0.493 e. The fourth-order valence-corrected chi connectivity index (χ4v) is 2.42. The van der Waals surface area contributed by atoms with Crippen LogP contribution >= 0.6 is 0 Å². The molecule has 0 spiro atoms. The second-order valence-electron chi connectivity index (χ2n) is 6.21. The van der Waals surface area contributed by atoms with Crippen LogP contribution < -0.4 is 14.8 Å². The highest BCUT2D eigenvalue weighted by molar-refractivity contribution is 5.92. The molecule has 1 aromatic heterocycles. The van der Waals surface area contributed by atoms with E-state index < -0.39 is 0 Å². The Balaban J connectivity index is 1.80. The first-order valence-corrected chi connectivity index (χ1v) is 8.49. The van der Waals surface area contributed by atoms with E-state index in [2.05, 4.69) is 15.5 Å². The predicted octanol–water partition coefficient (Wildman–Crippen LogP) is 4.02. The predicted molar refractivity (Wildman–Crippen MR) is 102 cm³/mol. The Morgan fingerprint density at radius 1 is 1.00 bits per heavy atom. The number of benzene rings is 2. The molecule has 1 amide bonds. The van der Waals surface area contributed by atoms with E-state index in [0.717, 1.165) is 16.8 Å². The van der Waals surface area contributed by atoms with Gasteiger partial charge in [0.05, 0.1) is 14.2 Å². The van der Waals surface area contributed by atoms with Crippen LogP contribution in [0, 0.1) is 5.92 Å². The Labute approximate surface area is 157 Å². The standard InChI is InChI=1S/C20H21N3O4/c1-12(2)19(24)21-15-8-5-13(6-9-15)20-22-18(23-27-20)14-7-10-16(25-3)17(11-14)26-4/h5-12H,1-4H3,(H,21,24). The van der Waals surface area contributed by atoms with E-state index in [-0.39, 0.29) is 11.8 Å². The maximum atomic E-state index is 11.8. The van der Waals surface area contributed by atoms with Crippen LogP contribution in [0.1, 0.15) is 13.8 Å². The molecule has 3 rings (SSSR count). The van der Waals surface area contributed by atoms with Gasteiger partial charge in [-0.2, -0.15) is 4.98 Å². The Bertz CT molecular complexity index is 933. The van der Waals surface area contributed by atoms with Crippen molar-refractivity contribution in [3.8, 4) is 34.3 Å². The Morgan fingerprint density at radius 3 is 2.30 bits per heavy atom. The molecule has 1 N–H and O–H groups in total. The molecule has 0 aliphatic heterocycles. The summed E-state index contributed by atoms with van der Waals surface area (Å²) in [5.41, 5.74) is 2.23. The topological polar surface area (TPSA) is 86.5 Å². The van der Waals surface area contributed by atoms with Gasteiger partial charge < -0.3 is 19.3 Å². The number of aromatic nitrogens is 2. The SMILES string of the molecule is COc1ccc(-c2noc(-c3ccc(NC(=O)C(C)C)cc3)n2)cc1OC. The molecule has 0 atom stereocenters. The number of carbonyl (C=O) groups excluding carboxylic acids is 1. The van der Waals surface area contributed by atoms with Gasteiger partial charge in [-0.3, -0.25) is 4.79 Å². The van der Waals surface area contributed by atoms with Gasteiger partial charge in [-0.1, -0.05) is 19.0 Å². The molecule has 3 aromatic rings. The molecule has 1 heterocycles. The first-order chi connectivity index (χ1) is 13.0. The minimum absolute atomic E-state index is 0.0312. The summed E-state index contributed by atoms with van der Waals surface area (Å²) in [6.45, 7) is 3.69. The van der Waals surface area contributed by atoms with E-state index in [1.54, 1.807) is 38.5 Å². The highest BCUT2D eigenvalue weighted by Gasteiger charge is 2.14. The summed E-state index contributed by atoms with van der Waals surface area (Å²) >= 11 is 0. The maximum absolute atomic E-state index is 11.8. The lowest BCUT2D eigenvalue weighted by Gasteiger charge is -2.07. The Hall–Kier alpha value is -3.35. The molecule has 0 aliphatic carbocycles. The number of carbonyl (C=O) groups is 1. The van der Waals surface area contributed by atoms with Crippen molar-refractivity contribution in [2.24, 2.45) is 5.92 Å². The van der Waals surface area contributed by atoms with Crippen LogP contribution in [0.25, 0.3) is 22.8 Å². The van der Waals surface area contributed by atoms with E-state index in [1.807, 2.05) is 32.0 Å². The van der Waals surface area contributed by atoms with Crippen molar-refractivity contribution in [3.05, 3.63) is 42.5 Å². The fraction of sp³-hybridized carbons (Fsp3) is 0.250. The highest BCUT2D eigenvalue weighted by atomic mass is 16.5. The third-order valence-electron chi connectivity index (χ3n) is 3.99. The Morgan fingerprint density at radius 2 is 1.67 bits per heavy atom. The van der Waals surface area contributed by atoms with E-state index in [0.29, 0.717) is 23.2 Å². The lowest BCUT2D eigenvalue weighted by atomic mass is 10.1. The van der Waals surface area contributed by atoms with Crippen molar-refractivity contribution < 1.29 is 18.8 Å². The van der Waals surface area contributed by atoms with Crippen molar-refractivity contribution in [1.29, 1.82) is 0 Å². The lowest BCUT2D eigenvalue weighted by molar-refractivity contribution is -0.118. The number of methoxy groups -OCH3 is 2. The van der Waals surface area contributed by atoms with E-state index in [1.165, 1.54) is 0 Å². The quantitative estimate of drug-likeness (QED) is 0.708. The van der Waals surface area contributed by atoms with Gasteiger partial charge in [0.25, 0.3) is 5.89 Å². The zero-order valence-electron chi connectivity index (χ0n) is 15.6. The van der Waals surface area contributed by atoms with E-state index in [9.17, 15) is 4.79 Å². The van der Waals surface area contributed by atoms with Gasteiger partial charge in [0.1, 0.15) is 0 Å². The molecular formula is C20H21N3O4. The van der Waals surface area contributed by atoms with Crippen LogP contribution in [-0.2, 0) is 4.79 Å². The van der Waals surface area contributed by atoms with Crippen molar-refractivity contribution in [2.45, 2.75) is 13.8 Å². The normalized spacial score (nSPS) is 10.7. The van der Waals surface area contributed by atoms with Crippen molar-refractivity contribution >= 4 is 11.6 Å². The van der Waals surface area contributed by atoms with Gasteiger partial charge in [-0.25, -0.2) is 0 Å². The zero-order chi connectivity index (χ0) is 19.4. The summed E-state index contributed by atoms with van der Waals surface area (Å²) in [5.74, 6) is 1.95. The monoisotopic (exact) mass is 367 g/mol. The fourth-order valence-electron chi connectivity index (χ4n) is 2.42. The maximum Gasteiger partial charge on any atom is 0.258 e. The molecule has 0 bridgehead atoms. The molecule has 140 valence electrons. The number of anilines is 1. The summed E-state index contributed by atoms with van der Waals surface area (Å²) in [6.07, 6.45) is 0. The first kappa shape index (κ1) is 18.4. The van der Waals surface area contributed by atoms with E-state index >= 15 is 0 Å². The minimum Gasteiger partial charge on any atom is -0.493 e. The molecule has 7 heteroatoms. The Kier molecular flexibility index (Phi) is 5.40. The average Bonchev–Trinajstić information content (AvgIpc) is 3.18. The van der Waals surface area contributed by atoms with Crippen molar-refractivity contribution in [2.75, 3.05) is 19.5 Å². The second kappa shape index (κ2) is 7.90. The third kappa shape index (κ3) is 4.08. The van der Waals surface area contributed by atoms with Crippen LogP contribution in [0.15, 0.2) is 47.0 Å². The highest BCUT2D eigenvalue weighted by Crippen LogP contribution is 2.32. The van der Waals surface area contributed by atoms with Crippen LogP contribution in [0.3, 0.4) is 0 Å². The summed E-state index contributed by atoms with van der Waals surface area (Å²) in [5, 5.41) is 6.88. The third-order valence-corrected chi connectivity index (χ3v) is 3.99.